The Hall–Kier alpha value is -3.88. The van der Waals surface area contributed by atoms with Crippen molar-refractivity contribution in [3.05, 3.63) is 90.5 Å². The molecule has 29 heavy (non-hydrogen) atoms. The lowest BCUT2D eigenvalue weighted by Gasteiger charge is -2.15. The molecule has 0 atom stereocenters. The topological polar surface area (TPSA) is 64.7 Å². The van der Waals surface area contributed by atoms with Gasteiger partial charge in [-0.3, -0.25) is 4.79 Å². The van der Waals surface area contributed by atoms with E-state index < -0.39 is 17.6 Å². The summed E-state index contributed by atoms with van der Waals surface area (Å²) in [5, 5.41) is 10.7. The summed E-state index contributed by atoms with van der Waals surface area (Å²) < 4.78 is 42.5. The van der Waals surface area contributed by atoms with E-state index in [1.807, 2.05) is 0 Å². The molecule has 2 aromatic carbocycles. The molecule has 6 nitrogen and oxygen atoms in total. The third-order valence-corrected chi connectivity index (χ3v) is 4.20. The number of nitrogens with one attached hydrogen (secondary N) is 1. The Bertz CT molecular complexity index is 1140. The predicted octanol–water partition coefficient (Wildman–Crippen LogP) is 4.33. The molecule has 2 aromatic heterocycles. The molecule has 146 valence electrons. The van der Waals surface area contributed by atoms with Crippen LogP contribution in [-0.4, -0.2) is 25.5 Å². The molecule has 0 aliphatic rings. The Morgan fingerprint density at radius 2 is 1.62 bits per heavy atom. The fraction of sp³-hybridized carbons (Fsp3) is 0.0500. The van der Waals surface area contributed by atoms with Gasteiger partial charge >= 0.3 is 6.18 Å². The molecule has 0 unspecified atom stereocenters. The van der Waals surface area contributed by atoms with Gasteiger partial charge in [-0.15, -0.1) is 0 Å². The first-order valence-corrected chi connectivity index (χ1v) is 8.54. The lowest BCUT2D eigenvalue weighted by Crippen LogP contribution is -2.16. The minimum absolute atomic E-state index is 0.00184. The molecule has 1 amide bonds. The Balaban J connectivity index is 1.69. The van der Waals surface area contributed by atoms with Crippen LogP contribution < -0.4 is 5.32 Å². The highest BCUT2D eigenvalue weighted by Gasteiger charge is 2.31. The van der Waals surface area contributed by atoms with E-state index in [1.165, 1.54) is 16.9 Å². The van der Waals surface area contributed by atoms with Crippen LogP contribution in [0.5, 0.6) is 0 Å². The molecule has 9 heteroatoms. The molecule has 0 bridgehead atoms. The van der Waals surface area contributed by atoms with Crippen molar-refractivity contribution in [1.82, 2.24) is 19.6 Å². The molecular weight excluding hydrogens is 383 g/mol. The standard InChI is InChI=1S/C20H14F3N5O/c21-20(22,23)15-6-7-18(28-11-3-9-25-28)17(13-15)26-19(29)14-4-1-5-16(12-14)27-10-2-8-24-27/h1-13H,(H,26,29). The normalized spacial score (nSPS) is 11.4. The van der Waals surface area contributed by atoms with E-state index in [0.717, 1.165) is 12.1 Å². The first-order chi connectivity index (χ1) is 13.9. The minimum Gasteiger partial charge on any atom is -0.320 e. The van der Waals surface area contributed by atoms with Crippen LogP contribution >= 0.6 is 0 Å². The van der Waals surface area contributed by atoms with E-state index in [-0.39, 0.29) is 11.3 Å². The third kappa shape index (κ3) is 3.88. The molecule has 1 N–H and O–H groups in total. The summed E-state index contributed by atoms with van der Waals surface area (Å²) >= 11 is 0. The highest BCUT2D eigenvalue weighted by atomic mass is 19.4. The van der Waals surface area contributed by atoms with Gasteiger partial charge in [0.25, 0.3) is 5.91 Å². The van der Waals surface area contributed by atoms with Gasteiger partial charge in [0.15, 0.2) is 0 Å². The number of anilines is 1. The van der Waals surface area contributed by atoms with E-state index in [9.17, 15) is 18.0 Å². The largest absolute Gasteiger partial charge is 0.416 e. The number of benzene rings is 2. The number of rotatable bonds is 4. The maximum atomic E-state index is 13.2. The van der Waals surface area contributed by atoms with E-state index in [2.05, 4.69) is 15.5 Å². The van der Waals surface area contributed by atoms with Crippen molar-refractivity contribution in [2.24, 2.45) is 0 Å². The lowest BCUT2D eigenvalue weighted by molar-refractivity contribution is -0.137. The molecule has 0 spiro atoms. The monoisotopic (exact) mass is 397 g/mol. The Morgan fingerprint density at radius 3 is 2.28 bits per heavy atom. The number of alkyl halides is 3. The maximum absolute atomic E-state index is 13.2. The van der Waals surface area contributed by atoms with Crippen LogP contribution in [0.1, 0.15) is 15.9 Å². The Kier molecular flexibility index (Phi) is 4.63. The average molecular weight is 397 g/mol. The first-order valence-electron chi connectivity index (χ1n) is 8.54. The van der Waals surface area contributed by atoms with Crippen LogP contribution in [0.25, 0.3) is 11.4 Å². The second-order valence-electron chi connectivity index (χ2n) is 6.14. The van der Waals surface area contributed by atoms with Crippen molar-refractivity contribution in [3.8, 4) is 11.4 Å². The summed E-state index contributed by atoms with van der Waals surface area (Å²) in [7, 11) is 0. The molecule has 0 fully saturated rings. The van der Waals surface area contributed by atoms with Crippen molar-refractivity contribution < 1.29 is 18.0 Å². The fourth-order valence-corrected chi connectivity index (χ4v) is 2.83. The summed E-state index contributed by atoms with van der Waals surface area (Å²) in [4.78, 5) is 12.8. The number of nitrogens with zero attached hydrogens (tertiary/aromatic N) is 4. The van der Waals surface area contributed by atoms with Gasteiger partial charge in [-0.05, 0) is 48.5 Å². The summed E-state index contributed by atoms with van der Waals surface area (Å²) in [5.74, 6) is -0.549. The van der Waals surface area contributed by atoms with Crippen LogP contribution in [0.15, 0.2) is 79.4 Å². The fourth-order valence-electron chi connectivity index (χ4n) is 2.83. The smallest absolute Gasteiger partial charge is 0.320 e. The zero-order valence-electron chi connectivity index (χ0n) is 14.8. The summed E-state index contributed by atoms with van der Waals surface area (Å²) in [6.07, 6.45) is 1.86. The summed E-state index contributed by atoms with van der Waals surface area (Å²) in [6, 6.07) is 13.1. The number of halogens is 3. The van der Waals surface area contributed by atoms with Gasteiger partial charge in [0.2, 0.25) is 0 Å². The molecule has 0 saturated carbocycles. The zero-order valence-corrected chi connectivity index (χ0v) is 14.8. The quantitative estimate of drug-likeness (QED) is 0.558. The lowest BCUT2D eigenvalue weighted by atomic mass is 10.1. The van der Waals surface area contributed by atoms with E-state index in [4.69, 9.17) is 0 Å². The molecule has 2 heterocycles. The van der Waals surface area contributed by atoms with Crippen molar-refractivity contribution in [3.63, 3.8) is 0 Å². The predicted molar refractivity (Wildman–Crippen MR) is 100 cm³/mol. The van der Waals surface area contributed by atoms with Gasteiger partial charge in [0, 0.05) is 30.4 Å². The number of amides is 1. The maximum Gasteiger partial charge on any atom is 0.416 e. The average Bonchev–Trinajstić information content (AvgIpc) is 3.41. The summed E-state index contributed by atoms with van der Waals surface area (Å²) in [6.45, 7) is 0. The third-order valence-electron chi connectivity index (χ3n) is 4.20. The highest BCUT2D eigenvalue weighted by Crippen LogP contribution is 2.33. The molecule has 0 radical (unpaired) electrons. The zero-order chi connectivity index (χ0) is 20.4. The van der Waals surface area contributed by atoms with Crippen molar-refractivity contribution in [2.45, 2.75) is 6.18 Å². The first kappa shape index (κ1) is 18.5. The molecular formula is C20H14F3N5O. The van der Waals surface area contributed by atoms with Crippen LogP contribution in [0.2, 0.25) is 0 Å². The van der Waals surface area contributed by atoms with Crippen LogP contribution in [0.4, 0.5) is 18.9 Å². The molecule has 4 aromatic rings. The van der Waals surface area contributed by atoms with Crippen molar-refractivity contribution in [1.29, 1.82) is 0 Å². The van der Waals surface area contributed by atoms with Crippen LogP contribution in [0, 0.1) is 0 Å². The van der Waals surface area contributed by atoms with E-state index >= 15 is 0 Å². The van der Waals surface area contributed by atoms with Gasteiger partial charge in [0.1, 0.15) is 0 Å². The van der Waals surface area contributed by atoms with Crippen LogP contribution in [0.3, 0.4) is 0 Å². The number of hydrogen-bond donors (Lipinski definition) is 1. The molecule has 0 aliphatic heterocycles. The molecule has 0 saturated heterocycles. The Morgan fingerprint density at radius 1 is 0.897 bits per heavy atom. The SMILES string of the molecule is O=C(Nc1cc(C(F)(F)F)ccc1-n1cccn1)c1cccc(-n2cccn2)c1. The molecule has 4 rings (SSSR count). The van der Waals surface area contributed by atoms with E-state index in [1.54, 1.807) is 59.7 Å². The summed E-state index contributed by atoms with van der Waals surface area (Å²) in [5.41, 5.74) is 0.382. The van der Waals surface area contributed by atoms with Gasteiger partial charge in [-0.1, -0.05) is 6.07 Å². The second kappa shape index (κ2) is 7.27. The van der Waals surface area contributed by atoms with E-state index in [0.29, 0.717) is 11.4 Å². The highest BCUT2D eigenvalue weighted by molar-refractivity contribution is 6.05. The van der Waals surface area contributed by atoms with Gasteiger partial charge in [0.05, 0.1) is 22.6 Å². The second-order valence-corrected chi connectivity index (χ2v) is 6.14. The number of carbonyl (C=O) groups excluding carboxylic acids is 1. The van der Waals surface area contributed by atoms with Crippen molar-refractivity contribution >= 4 is 11.6 Å². The van der Waals surface area contributed by atoms with Gasteiger partial charge in [-0.25, -0.2) is 9.36 Å². The van der Waals surface area contributed by atoms with Crippen molar-refractivity contribution in [2.75, 3.05) is 5.32 Å². The Labute approximate surface area is 163 Å². The molecule has 0 aliphatic carbocycles. The van der Waals surface area contributed by atoms with Crippen LogP contribution in [-0.2, 0) is 6.18 Å². The van der Waals surface area contributed by atoms with Gasteiger partial charge in [-0.2, -0.15) is 23.4 Å². The van der Waals surface area contributed by atoms with Gasteiger partial charge < -0.3 is 5.32 Å². The number of carbonyl (C=O) groups is 1. The number of hydrogen-bond acceptors (Lipinski definition) is 3. The minimum atomic E-state index is -4.54. The number of aromatic nitrogens is 4.